The van der Waals surface area contributed by atoms with E-state index in [4.69, 9.17) is 14.2 Å². The molecule has 0 radical (unpaired) electrons. The average Bonchev–Trinajstić information content (AvgIpc) is 3.35. The molecule has 3 rings (SSSR count). The number of thiophene rings is 1. The van der Waals surface area contributed by atoms with Crippen molar-refractivity contribution >= 4 is 45.9 Å². The Labute approximate surface area is 211 Å². The third kappa shape index (κ3) is 6.01. The summed E-state index contributed by atoms with van der Waals surface area (Å²) < 4.78 is 17.3. The van der Waals surface area contributed by atoms with E-state index in [-0.39, 0.29) is 33.2 Å². The fourth-order valence-corrected chi connectivity index (χ4v) is 5.13. The molecule has 10 nitrogen and oxygen atoms in total. The highest BCUT2D eigenvalue weighted by Gasteiger charge is 2.27. The standard InChI is InChI=1S/C23H26N4O6S2/c1-12-8-7-9-15(10-12)33-14(3)19-25-26-23(27(19)4)34-11-16(28)24-20-17(21(29)31-5)13(2)18(35-20)22(30)32-6/h7-10,14H,11H2,1-6H3,(H,24,28). The number of carbonyl (C=O) groups is 3. The van der Waals surface area contributed by atoms with Crippen LogP contribution in [0.3, 0.4) is 0 Å². The maximum Gasteiger partial charge on any atom is 0.348 e. The van der Waals surface area contributed by atoms with Crippen LogP contribution in [-0.4, -0.2) is 52.6 Å². The van der Waals surface area contributed by atoms with Gasteiger partial charge in [-0.25, -0.2) is 9.59 Å². The van der Waals surface area contributed by atoms with Gasteiger partial charge >= 0.3 is 11.9 Å². The maximum atomic E-state index is 12.7. The summed E-state index contributed by atoms with van der Waals surface area (Å²) >= 11 is 2.14. The number of nitrogens with zero attached hydrogens (tertiary/aromatic N) is 3. The number of benzene rings is 1. The quantitative estimate of drug-likeness (QED) is 0.331. The molecule has 2 aromatic heterocycles. The van der Waals surface area contributed by atoms with Crippen molar-refractivity contribution in [1.29, 1.82) is 0 Å². The van der Waals surface area contributed by atoms with Gasteiger partial charge in [-0.1, -0.05) is 23.9 Å². The molecule has 1 unspecified atom stereocenters. The second-order valence-corrected chi connectivity index (χ2v) is 9.52. The van der Waals surface area contributed by atoms with Crippen LogP contribution in [0, 0.1) is 13.8 Å². The molecule has 0 bridgehead atoms. The number of hydrogen-bond acceptors (Lipinski definition) is 10. The van der Waals surface area contributed by atoms with E-state index >= 15 is 0 Å². The van der Waals surface area contributed by atoms with Crippen molar-refractivity contribution < 1.29 is 28.6 Å². The van der Waals surface area contributed by atoms with E-state index in [0.717, 1.165) is 22.6 Å². The van der Waals surface area contributed by atoms with Crippen molar-refractivity contribution in [3.63, 3.8) is 0 Å². The summed E-state index contributed by atoms with van der Waals surface area (Å²) in [6, 6.07) is 7.72. The molecule has 12 heteroatoms. The van der Waals surface area contributed by atoms with Gasteiger partial charge in [-0.2, -0.15) is 0 Å². The van der Waals surface area contributed by atoms with Crippen LogP contribution in [0.1, 0.15) is 50.0 Å². The minimum atomic E-state index is -0.655. The number of aryl methyl sites for hydroxylation is 1. The predicted molar refractivity (Wildman–Crippen MR) is 132 cm³/mol. The minimum absolute atomic E-state index is 0.00418. The summed E-state index contributed by atoms with van der Waals surface area (Å²) in [5, 5.41) is 11.8. The van der Waals surface area contributed by atoms with E-state index in [1.807, 2.05) is 38.1 Å². The normalized spacial score (nSPS) is 11.6. The molecule has 0 saturated heterocycles. The van der Waals surface area contributed by atoms with E-state index in [2.05, 4.69) is 15.5 Å². The van der Waals surface area contributed by atoms with Gasteiger partial charge in [0, 0.05) is 7.05 Å². The number of nitrogens with one attached hydrogen (secondary N) is 1. The summed E-state index contributed by atoms with van der Waals surface area (Å²) in [6.07, 6.45) is -0.356. The van der Waals surface area contributed by atoms with Crippen molar-refractivity contribution in [2.45, 2.75) is 32.0 Å². The molecule has 186 valence electrons. The average molecular weight is 519 g/mol. The third-order valence-corrected chi connectivity index (χ3v) is 7.23. The van der Waals surface area contributed by atoms with E-state index in [1.54, 1.807) is 18.5 Å². The van der Waals surface area contributed by atoms with Crippen molar-refractivity contribution in [1.82, 2.24) is 14.8 Å². The molecule has 0 aliphatic rings. The van der Waals surface area contributed by atoms with E-state index in [1.165, 1.54) is 26.0 Å². The number of amides is 1. The lowest BCUT2D eigenvalue weighted by atomic mass is 10.1. The fraction of sp³-hybridized carbons (Fsp3) is 0.348. The van der Waals surface area contributed by atoms with Crippen molar-refractivity contribution in [2.75, 3.05) is 25.3 Å². The van der Waals surface area contributed by atoms with Crippen molar-refractivity contribution in [2.24, 2.45) is 7.05 Å². The number of esters is 2. The Morgan fingerprint density at radius 2 is 1.86 bits per heavy atom. The summed E-state index contributed by atoms with van der Waals surface area (Å²) in [7, 11) is 4.27. The molecule has 2 heterocycles. The largest absolute Gasteiger partial charge is 0.483 e. The zero-order valence-electron chi connectivity index (χ0n) is 20.2. The van der Waals surface area contributed by atoms with Crippen LogP contribution < -0.4 is 10.1 Å². The molecule has 1 N–H and O–H groups in total. The van der Waals surface area contributed by atoms with Crippen LogP contribution in [0.2, 0.25) is 0 Å². The highest BCUT2D eigenvalue weighted by Crippen LogP contribution is 2.34. The predicted octanol–water partition coefficient (Wildman–Crippen LogP) is 3.94. The van der Waals surface area contributed by atoms with Crippen LogP contribution in [-0.2, 0) is 21.3 Å². The smallest absolute Gasteiger partial charge is 0.348 e. The number of rotatable bonds is 9. The number of anilines is 1. The first kappa shape index (κ1) is 26.2. The van der Waals surface area contributed by atoms with E-state index in [9.17, 15) is 14.4 Å². The summed E-state index contributed by atoms with van der Waals surface area (Å²) in [5.74, 6) is -0.290. The number of hydrogen-bond donors (Lipinski definition) is 1. The molecule has 0 saturated carbocycles. The van der Waals surface area contributed by atoms with Gasteiger partial charge in [0.2, 0.25) is 5.91 Å². The molecule has 35 heavy (non-hydrogen) atoms. The number of aromatic nitrogens is 3. The molecule has 0 spiro atoms. The summed E-state index contributed by atoms with van der Waals surface area (Å²) in [4.78, 5) is 37.1. The highest BCUT2D eigenvalue weighted by molar-refractivity contribution is 7.99. The van der Waals surface area contributed by atoms with Gasteiger partial charge in [-0.3, -0.25) is 4.79 Å². The number of ether oxygens (including phenoxy) is 3. The lowest BCUT2D eigenvalue weighted by molar-refractivity contribution is -0.113. The number of methoxy groups -OCH3 is 2. The molecular weight excluding hydrogens is 492 g/mol. The van der Waals surface area contributed by atoms with E-state index < -0.39 is 11.9 Å². The molecule has 0 aliphatic heterocycles. The zero-order valence-corrected chi connectivity index (χ0v) is 21.8. The molecule has 3 aromatic rings. The molecular formula is C23H26N4O6S2. The van der Waals surface area contributed by atoms with Crippen LogP contribution in [0.5, 0.6) is 5.75 Å². The molecule has 0 aliphatic carbocycles. The first-order chi connectivity index (χ1) is 16.7. The molecule has 1 atom stereocenters. The van der Waals surface area contributed by atoms with Crippen LogP contribution in [0.15, 0.2) is 29.4 Å². The zero-order chi connectivity index (χ0) is 25.7. The van der Waals surface area contributed by atoms with Gasteiger partial charge in [0.05, 0.1) is 25.5 Å². The summed E-state index contributed by atoms with van der Waals surface area (Å²) in [5.41, 5.74) is 1.60. The summed E-state index contributed by atoms with van der Waals surface area (Å²) in [6.45, 7) is 5.46. The lowest BCUT2D eigenvalue weighted by Gasteiger charge is -2.14. The Bertz CT molecular complexity index is 1250. The highest BCUT2D eigenvalue weighted by atomic mass is 32.2. The Balaban J connectivity index is 1.68. The molecule has 1 amide bonds. The minimum Gasteiger partial charge on any atom is -0.483 e. The van der Waals surface area contributed by atoms with E-state index in [0.29, 0.717) is 16.5 Å². The molecule has 0 fully saturated rings. The second-order valence-electron chi connectivity index (χ2n) is 7.56. The Kier molecular flexibility index (Phi) is 8.52. The van der Waals surface area contributed by atoms with Crippen LogP contribution >= 0.6 is 23.1 Å². The van der Waals surface area contributed by atoms with Gasteiger partial charge in [0.15, 0.2) is 17.1 Å². The maximum absolute atomic E-state index is 12.7. The Morgan fingerprint density at radius 3 is 2.51 bits per heavy atom. The van der Waals surface area contributed by atoms with Crippen molar-refractivity contribution in [3.8, 4) is 5.75 Å². The van der Waals surface area contributed by atoms with Gasteiger partial charge in [0.1, 0.15) is 15.6 Å². The number of thioether (sulfide) groups is 1. The van der Waals surface area contributed by atoms with Gasteiger partial charge in [-0.15, -0.1) is 21.5 Å². The first-order valence-corrected chi connectivity index (χ1v) is 12.3. The molecule has 1 aromatic carbocycles. The fourth-order valence-electron chi connectivity index (χ4n) is 3.28. The Morgan fingerprint density at radius 1 is 1.14 bits per heavy atom. The lowest BCUT2D eigenvalue weighted by Crippen LogP contribution is -2.16. The Hall–Kier alpha value is -3.38. The monoisotopic (exact) mass is 518 g/mol. The topological polar surface area (TPSA) is 122 Å². The van der Waals surface area contributed by atoms with Crippen LogP contribution in [0.25, 0.3) is 0 Å². The first-order valence-electron chi connectivity index (χ1n) is 10.5. The van der Waals surface area contributed by atoms with Gasteiger partial charge in [-0.05, 0) is 44.0 Å². The van der Waals surface area contributed by atoms with Crippen molar-refractivity contribution in [3.05, 3.63) is 51.7 Å². The second kappa shape index (κ2) is 11.4. The van der Waals surface area contributed by atoms with Crippen LogP contribution in [0.4, 0.5) is 5.00 Å². The SMILES string of the molecule is COC(=O)c1sc(NC(=O)CSc2nnc(C(C)Oc3cccc(C)c3)n2C)c(C(=O)OC)c1C. The van der Waals surface area contributed by atoms with Gasteiger partial charge in [0.25, 0.3) is 0 Å². The number of carbonyl (C=O) groups excluding carboxylic acids is 3. The third-order valence-electron chi connectivity index (χ3n) is 5.03. The van der Waals surface area contributed by atoms with Gasteiger partial charge < -0.3 is 24.1 Å².